The summed E-state index contributed by atoms with van der Waals surface area (Å²) < 4.78 is 10.6. The van der Waals surface area contributed by atoms with E-state index in [1.54, 1.807) is 6.07 Å². The van der Waals surface area contributed by atoms with Gasteiger partial charge in [-0.15, -0.1) is 0 Å². The molecule has 2 aliphatic rings. The molecule has 1 spiro atoms. The predicted molar refractivity (Wildman–Crippen MR) is 188 cm³/mol. The highest BCUT2D eigenvalue weighted by Crippen LogP contribution is 2.51. The molecule has 1 aliphatic heterocycles. The molecule has 3 N–H and O–H groups in total. The Morgan fingerprint density at radius 1 is 0.957 bits per heavy atom. The largest absolute Gasteiger partial charge is 0.507 e. The molecule has 8 rings (SSSR count). The van der Waals surface area contributed by atoms with Crippen LogP contribution in [0.1, 0.15) is 30.0 Å². The van der Waals surface area contributed by atoms with Gasteiger partial charge in [-0.3, -0.25) is 4.40 Å². The molecule has 4 heterocycles. The molecule has 1 fully saturated rings. The van der Waals surface area contributed by atoms with E-state index in [-0.39, 0.29) is 17.2 Å². The predicted octanol–water partition coefficient (Wildman–Crippen LogP) is 7.36. The van der Waals surface area contributed by atoms with Gasteiger partial charge in [0, 0.05) is 63.4 Å². The van der Waals surface area contributed by atoms with E-state index in [4.69, 9.17) is 20.4 Å². The first-order chi connectivity index (χ1) is 22.2. The fourth-order valence-corrected chi connectivity index (χ4v) is 8.48. The summed E-state index contributed by atoms with van der Waals surface area (Å²) in [7, 11) is -1.23. The summed E-state index contributed by atoms with van der Waals surface area (Å²) in [5.74, 6) is 1.18. The maximum absolute atomic E-state index is 10.7. The molecule has 8 nitrogen and oxygen atoms in total. The number of nitrogens with two attached hydrogens (primary N) is 1. The number of aromatic hydroxyl groups is 1. The van der Waals surface area contributed by atoms with Crippen LogP contribution in [-0.2, 0) is 17.9 Å². The van der Waals surface area contributed by atoms with Crippen molar-refractivity contribution in [1.29, 1.82) is 0 Å². The second kappa shape index (κ2) is 11.0. The Balaban J connectivity index is 1.21. The minimum atomic E-state index is -1.23. The number of phenols is 1. The molecular weight excluding hydrogens is 589 g/mol. The zero-order valence-corrected chi connectivity index (χ0v) is 27.9. The molecule has 0 radical (unpaired) electrons. The van der Waals surface area contributed by atoms with Crippen molar-refractivity contribution < 1.29 is 9.84 Å². The highest BCUT2D eigenvalue weighted by molar-refractivity contribution is 6.76. The summed E-state index contributed by atoms with van der Waals surface area (Å²) in [6.07, 6.45) is 9.14. The second-order valence-electron chi connectivity index (χ2n) is 14.5. The van der Waals surface area contributed by atoms with E-state index < -0.39 is 8.07 Å². The lowest BCUT2D eigenvalue weighted by atomic mass is 9.73. The van der Waals surface area contributed by atoms with Crippen molar-refractivity contribution in [3.63, 3.8) is 0 Å². The Bertz CT molecular complexity index is 2090. The van der Waals surface area contributed by atoms with Crippen molar-refractivity contribution in [1.82, 2.24) is 18.9 Å². The van der Waals surface area contributed by atoms with Gasteiger partial charge in [-0.2, -0.15) is 4.98 Å². The van der Waals surface area contributed by atoms with Gasteiger partial charge in [0.2, 0.25) is 5.95 Å². The molecule has 46 heavy (non-hydrogen) atoms. The number of hydrogen-bond donors (Lipinski definition) is 2. The van der Waals surface area contributed by atoms with Gasteiger partial charge in [0.1, 0.15) is 18.1 Å². The van der Waals surface area contributed by atoms with E-state index in [1.165, 1.54) is 11.1 Å². The molecular formula is C37H42N6O2Si. The Kier molecular flexibility index (Phi) is 6.97. The number of hydrogen-bond acceptors (Lipinski definition) is 6. The van der Waals surface area contributed by atoms with Crippen LogP contribution in [0.2, 0.25) is 25.7 Å². The fraction of sp³-hybridized carbons (Fsp3) is 0.351. The van der Waals surface area contributed by atoms with E-state index in [1.807, 2.05) is 36.7 Å². The maximum atomic E-state index is 10.7. The number of nitrogens with zero attached hydrogens (tertiary/aromatic N) is 5. The Morgan fingerprint density at radius 3 is 2.50 bits per heavy atom. The number of ether oxygens (including phenoxy) is 1. The zero-order chi connectivity index (χ0) is 31.6. The third-order valence-electron chi connectivity index (χ3n) is 10.4. The average molecular weight is 631 g/mol. The van der Waals surface area contributed by atoms with Gasteiger partial charge in [-0.05, 0) is 64.9 Å². The number of phenolic OH excluding ortho intramolecular Hbond substituents is 1. The van der Waals surface area contributed by atoms with Crippen LogP contribution in [0.3, 0.4) is 0 Å². The van der Waals surface area contributed by atoms with Gasteiger partial charge in [-0.1, -0.05) is 68.2 Å². The van der Waals surface area contributed by atoms with Gasteiger partial charge in [-0.25, -0.2) is 4.98 Å². The smallest absolute Gasteiger partial charge is 0.213 e. The van der Waals surface area contributed by atoms with E-state index in [0.29, 0.717) is 6.73 Å². The van der Waals surface area contributed by atoms with Crippen LogP contribution in [0.4, 0.5) is 5.95 Å². The summed E-state index contributed by atoms with van der Waals surface area (Å²) in [5.41, 5.74) is 13.5. The first-order valence-electron chi connectivity index (χ1n) is 16.5. The molecule has 1 aliphatic carbocycles. The normalized spacial score (nSPS) is 17.9. The number of fused-ring (bicyclic) bond motifs is 5. The van der Waals surface area contributed by atoms with Crippen molar-refractivity contribution in [3.05, 3.63) is 90.4 Å². The van der Waals surface area contributed by atoms with E-state index in [0.717, 1.165) is 89.5 Å². The third-order valence-corrected chi connectivity index (χ3v) is 12.1. The summed E-state index contributed by atoms with van der Waals surface area (Å²) in [6, 6.07) is 21.7. The van der Waals surface area contributed by atoms with E-state index >= 15 is 0 Å². The van der Waals surface area contributed by atoms with Crippen LogP contribution in [0, 0.1) is 5.41 Å². The molecule has 0 amide bonds. The highest BCUT2D eigenvalue weighted by atomic mass is 28.3. The zero-order valence-electron chi connectivity index (χ0n) is 26.9. The Labute approximate surface area is 270 Å². The molecule has 0 unspecified atom stereocenters. The van der Waals surface area contributed by atoms with Crippen molar-refractivity contribution in [2.45, 2.75) is 57.7 Å². The van der Waals surface area contributed by atoms with Crippen LogP contribution < -0.4 is 10.6 Å². The maximum Gasteiger partial charge on any atom is 0.213 e. The quantitative estimate of drug-likeness (QED) is 0.141. The van der Waals surface area contributed by atoms with Crippen molar-refractivity contribution in [2.75, 3.05) is 24.6 Å². The van der Waals surface area contributed by atoms with Crippen LogP contribution >= 0.6 is 0 Å². The van der Waals surface area contributed by atoms with Crippen LogP contribution in [-0.4, -0.2) is 51.8 Å². The van der Waals surface area contributed by atoms with E-state index in [2.05, 4.69) is 70.0 Å². The number of aromatic nitrogens is 4. The van der Waals surface area contributed by atoms with Gasteiger partial charge >= 0.3 is 0 Å². The van der Waals surface area contributed by atoms with Crippen LogP contribution in [0.25, 0.3) is 38.6 Å². The fourth-order valence-electron chi connectivity index (χ4n) is 7.73. The van der Waals surface area contributed by atoms with Crippen LogP contribution in [0.15, 0.2) is 79.3 Å². The summed E-state index contributed by atoms with van der Waals surface area (Å²) >= 11 is 0. The molecule has 9 heteroatoms. The highest BCUT2D eigenvalue weighted by Gasteiger charge is 2.46. The second-order valence-corrected chi connectivity index (χ2v) is 20.1. The molecule has 236 valence electrons. The number of benzene rings is 3. The summed E-state index contributed by atoms with van der Waals surface area (Å²) in [4.78, 5) is 12.7. The number of anilines is 1. The number of piperidine rings is 1. The van der Waals surface area contributed by atoms with Crippen molar-refractivity contribution in [3.8, 4) is 16.9 Å². The number of imidazole rings is 1. The first kappa shape index (κ1) is 29.2. The van der Waals surface area contributed by atoms with Crippen molar-refractivity contribution >= 4 is 41.5 Å². The average Bonchev–Trinajstić information content (AvgIpc) is 3.75. The number of rotatable bonds is 7. The van der Waals surface area contributed by atoms with Crippen molar-refractivity contribution in [2.24, 2.45) is 11.1 Å². The topological polar surface area (TPSA) is 93.8 Å². The summed E-state index contributed by atoms with van der Waals surface area (Å²) in [6.45, 7) is 10.0. The molecule has 3 aromatic carbocycles. The van der Waals surface area contributed by atoms with Gasteiger partial charge in [0.15, 0.2) is 5.65 Å². The minimum absolute atomic E-state index is 0.0720. The lowest BCUT2D eigenvalue weighted by Crippen LogP contribution is -2.45. The van der Waals surface area contributed by atoms with Gasteiger partial charge in [0.05, 0.1) is 5.39 Å². The SMILES string of the molecule is C[Si](C)(C)CCOCn1cc(-c2ccc(O)c3ccccc23)c2c1nc(N1CCC3(CC1)Cc1ccccc1[C@H]3N)n1ccnc21. The van der Waals surface area contributed by atoms with Gasteiger partial charge < -0.3 is 25.0 Å². The van der Waals surface area contributed by atoms with Crippen LogP contribution in [0.5, 0.6) is 5.75 Å². The monoisotopic (exact) mass is 630 g/mol. The van der Waals surface area contributed by atoms with Gasteiger partial charge in [0.25, 0.3) is 0 Å². The third kappa shape index (κ3) is 4.80. The molecule has 0 saturated carbocycles. The lowest BCUT2D eigenvalue weighted by Gasteiger charge is -2.42. The first-order valence-corrected chi connectivity index (χ1v) is 20.2. The Hall–Kier alpha value is -4.18. The van der Waals surface area contributed by atoms with E-state index in [9.17, 15) is 5.11 Å². The molecule has 6 aromatic rings. The molecule has 1 atom stereocenters. The molecule has 3 aromatic heterocycles. The Morgan fingerprint density at radius 2 is 1.72 bits per heavy atom. The molecule has 1 saturated heterocycles. The minimum Gasteiger partial charge on any atom is -0.507 e. The lowest BCUT2D eigenvalue weighted by molar-refractivity contribution is 0.0899. The molecule has 0 bridgehead atoms. The summed E-state index contributed by atoms with van der Waals surface area (Å²) in [5, 5.41) is 13.5. The standard InChI is InChI=1S/C37H42N6O2Si/c1-46(2,3)21-20-45-24-42-23-30(28-12-13-31(44)29-11-7-6-10-27(28)29)32-34-39-16-19-43(34)36(40-35(32)42)41-17-14-37(15-18-41)22-25-8-4-5-9-26(25)33(37)38/h4-13,16,19,23,33,44H,14-15,17-18,20-22,24,38H2,1-3H3/t33-/m1/s1.